The number of nitrogens with one attached hydrogen (secondary N) is 2. The summed E-state index contributed by atoms with van der Waals surface area (Å²) >= 11 is 0. The van der Waals surface area contributed by atoms with Crippen LogP contribution in [0.5, 0.6) is 5.75 Å². The van der Waals surface area contributed by atoms with Gasteiger partial charge in [0.15, 0.2) is 6.54 Å². The van der Waals surface area contributed by atoms with Gasteiger partial charge in [-0.05, 0) is 42.3 Å². The second kappa shape index (κ2) is 8.34. The first-order chi connectivity index (χ1) is 11.1. The minimum atomic E-state index is 0.0688. The van der Waals surface area contributed by atoms with E-state index >= 15 is 0 Å². The molecule has 122 valence electrons. The topological polar surface area (TPSA) is 42.8 Å². The second-order valence-electron chi connectivity index (χ2n) is 5.86. The fraction of sp³-hybridized carbons (Fsp3) is 0.316. The Labute approximate surface area is 138 Å². The summed E-state index contributed by atoms with van der Waals surface area (Å²) in [7, 11) is 3.68. The molecule has 0 fully saturated rings. The lowest BCUT2D eigenvalue weighted by molar-refractivity contribution is -0.885. The lowest BCUT2D eigenvalue weighted by atomic mass is 10.1. The Balaban J connectivity index is 1.79. The van der Waals surface area contributed by atoms with Gasteiger partial charge in [-0.3, -0.25) is 4.79 Å². The summed E-state index contributed by atoms with van der Waals surface area (Å²) < 4.78 is 5.15. The molecule has 0 radical (unpaired) electrons. The molecule has 0 bridgehead atoms. The summed E-state index contributed by atoms with van der Waals surface area (Å²) in [6.07, 6.45) is 0. The number of methoxy groups -OCH3 is 1. The van der Waals surface area contributed by atoms with Crippen LogP contribution in [0.25, 0.3) is 0 Å². The minimum absolute atomic E-state index is 0.0688. The molecule has 0 aliphatic heterocycles. The number of quaternary nitrogens is 1. The van der Waals surface area contributed by atoms with Crippen LogP contribution in [-0.2, 0) is 17.9 Å². The molecule has 0 aromatic heterocycles. The Morgan fingerprint density at radius 1 is 1.13 bits per heavy atom. The molecule has 0 heterocycles. The predicted molar refractivity (Wildman–Crippen MR) is 91.5 cm³/mol. The van der Waals surface area contributed by atoms with E-state index in [4.69, 9.17) is 4.74 Å². The van der Waals surface area contributed by atoms with Crippen LogP contribution in [0.4, 0.5) is 0 Å². The first-order valence-electron chi connectivity index (χ1n) is 7.84. The number of rotatable bonds is 7. The van der Waals surface area contributed by atoms with E-state index in [1.54, 1.807) is 7.11 Å². The van der Waals surface area contributed by atoms with Crippen LogP contribution in [0.15, 0.2) is 48.5 Å². The molecule has 0 saturated heterocycles. The first-order valence-corrected chi connectivity index (χ1v) is 7.84. The zero-order valence-corrected chi connectivity index (χ0v) is 14.1. The molecule has 1 unspecified atom stereocenters. The summed E-state index contributed by atoms with van der Waals surface area (Å²) in [6, 6.07) is 16.1. The third-order valence-electron chi connectivity index (χ3n) is 3.86. The molecule has 4 nitrogen and oxygen atoms in total. The van der Waals surface area contributed by atoms with Crippen LogP contribution in [0.1, 0.15) is 16.7 Å². The Hall–Kier alpha value is -2.33. The number of hydrogen-bond acceptors (Lipinski definition) is 2. The van der Waals surface area contributed by atoms with Crippen molar-refractivity contribution in [3.8, 4) is 5.75 Å². The number of amides is 1. The van der Waals surface area contributed by atoms with Gasteiger partial charge in [-0.1, -0.05) is 24.3 Å². The molecule has 0 aliphatic carbocycles. The third-order valence-corrected chi connectivity index (χ3v) is 3.86. The SMILES string of the molecule is COc1ccc(C[NH+](C)CC(=O)NCc2ccccc2C)cc1. The largest absolute Gasteiger partial charge is 0.497 e. The van der Waals surface area contributed by atoms with E-state index < -0.39 is 0 Å². The summed E-state index contributed by atoms with van der Waals surface area (Å²) in [5.74, 6) is 0.918. The normalized spacial score (nSPS) is 11.8. The van der Waals surface area contributed by atoms with Crippen molar-refractivity contribution in [1.82, 2.24) is 5.32 Å². The monoisotopic (exact) mass is 313 g/mol. The zero-order valence-electron chi connectivity index (χ0n) is 14.1. The fourth-order valence-corrected chi connectivity index (χ4v) is 2.49. The van der Waals surface area contributed by atoms with Crippen molar-refractivity contribution in [2.75, 3.05) is 20.7 Å². The maximum atomic E-state index is 12.1. The molecule has 2 rings (SSSR count). The van der Waals surface area contributed by atoms with Gasteiger partial charge in [0.25, 0.3) is 5.91 Å². The maximum Gasteiger partial charge on any atom is 0.275 e. The quantitative estimate of drug-likeness (QED) is 0.810. The van der Waals surface area contributed by atoms with Crippen LogP contribution >= 0.6 is 0 Å². The van der Waals surface area contributed by atoms with Crippen LogP contribution in [0, 0.1) is 6.92 Å². The van der Waals surface area contributed by atoms with Crippen molar-refractivity contribution in [2.24, 2.45) is 0 Å². The molecular weight excluding hydrogens is 288 g/mol. The molecule has 2 aromatic carbocycles. The van der Waals surface area contributed by atoms with Gasteiger partial charge in [0.2, 0.25) is 0 Å². The van der Waals surface area contributed by atoms with Gasteiger partial charge >= 0.3 is 0 Å². The molecule has 0 saturated carbocycles. The summed E-state index contributed by atoms with van der Waals surface area (Å²) in [6.45, 7) is 3.91. The van der Waals surface area contributed by atoms with Crippen molar-refractivity contribution < 1.29 is 14.4 Å². The number of carbonyl (C=O) groups excluding carboxylic acids is 1. The van der Waals surface area contributed by atoms with E-state index in [-0.39, 0.29) is 5.91 Å². The zero-order chi connectivity index (χ0) is 16.7. The van der Waals surface area contributed by atoms with E-state index in [0.29, 0.717) is 13.1 Å². The number of carbonyl (C=O) groups is 1. The van der Waals surface area contributed by atoms with Crippen LogP contribution in [0.3, 0.4) is 0 Å². The smallest absolute Gasteiger partial charge is 0.275 e. The number of hydrogen-bond donors (Lipinski definition) is 2. The lowest BCUT2D eigenvalue weighted by Gasteiger charge is -2.14. The van der Waals surface area contributed by atoms with Gasteiger partial charge < -0.3 is 15.0 Å². The first kappa shape index (κ1) is 17.0. The van der Waals surface area contributed by atoms with Gasteiger partial charge in [-0.25, -0.2) is 0 Å². The van der Waals surface area contributed by atoms with Gasteiger partial charge in [-0.2, -0.15) is 0 Å². The average Bonchev–Trinajstić information content (AvgIpc) is 2.54. The van der Waals surface area contributed by atoms with E-state index in [1.807, 2.05) is 49.5 Å². The van der Waals surface area contributed by atoms with Crippen molar-refractivity contribution in [2.45, 2.75) is 20.0 Å². The average molecular weight is 313 g/mol. The second-order valence-corrected chi connectivity index (χ2v) is 5.86. The molecule has 2 aromatic rings. The highest BCUT2D eigenvalue weighted by Crippen LogP contribution is 2.10. The van der Waals surface area contributed by atoms with Crippen LogP contribution < -0.4 is 15.0 Å². The predicted octanol–water partition coefficient (Wildman–Crippen LogP) is 1.33. The Morgan fingerprint density at radius 3 is 2.48 bits per heavy atom. The molecule has 23 heavy (non-hydrogen) atoms. The number of ether oxygens (including phenoxy) is 1. The summed E-state index contributed by atoms with van der Waals surface area (Å²) in [4.78, 5) is 13.2. The summed E-state index contributed by atoms with van der Waals surface area (Å²) in [5, 5.41) is 2.99. The molecule has 4 heteroatoms. The van der Waals surface area contributed by atoms with Crippen LogP contribution in [-0.4, -0.2) is 26.6 Å². The Bertz CT molecular complexity index is 638. The van der Waals surface area contributed by atoms with Crippen molar-refractivity contribution in [1.29, 1.82) is 0 Å². The highest BCUT2D eigenvalue weighted by molar-refractivity contribution is 5.76. The third kappa shape index (κ3) is 5.42. The molecule has 0 spiro atoms. The lowest BCUT2D eigenvalue weighted by Crippen LogP contribution is -3.08. The Morgan fingerprint density at radius 2 is 1.83 bits per heavy atom. The fourth-order valence-electron chi connectivity index (χ4n) is 2.49. The highest BCUT2D eigenvalue weighted by Gasteiger charge is 2.10. The van der Waals surface area contributed by atoms with Gasteiger partial charge in [0.05, 0.1) is 14.2 Å². The van der Waals surface area contributed by atoms with Crippen molar-refractivity contribution >= 4 is 5.91 Å². The molecule has 1 amide bonds. The molecular formula is C19H25N2O2+. The van der Waals surface area contributed by atoms with Gasteiger partial charge in [-0.15, -0.1) is 0 Å². The summed E-state index contributed by atoms with van der Waals surface area (Å²) in [5.41, 5.74) is 3.55. The number of likely N-dealkylation sites (N-methyl/N-ethyl adjacent to an activating group) is 1. The Kier molecular flexibility index (Phi) is 6.18. The van der Waals surface area contributed by atoms with E-state index in [1.165, 1.54) is 11.1 Å². The standard InChI is InChI=1S/C19H24N2O2/c1-15-6-4-5-7-17(15)12-20-19(22)14-21(2)13-16-8-10-18(23-3)11-9-16/h4-11H,12-14H2,1-3H3,(H,20,22)/p+1. The van der Waals surface area contributed by atoms with Gasteiger partial charge in [0, 0.05) is 12.1 Å². The van der Waals surface area contributed by atoms with Gasteiger partial charge in [0.1, 0.15) is 12.3 Å². The van der Waals surface area contributed by atoms with Crippen molar-refractivity contribution in [3.05, 3.63) is 65.2 Å². The maximum absolute atomic E-state index is 12.1. The van der Waals surface area contributed by atoms with E-state index in [0.717, 1.165) is 22.8 Å². The molecule has 0 aliphatic rings. The highest BCUT2D eigenvalue weighted by atomic mass is 16.5. The van der Waals surface area contributed by atoms with E-state index in [2.05, 4.69) is 18.3 Å². The molecule has 2 N–H and O–H groups in total. The number of aryl methyl sites for hydroxylation is 1. The van der Waals surface area contributed by atoms with Crippen molar-refractivity contribution in [3.63, 3.8) is 0 Å². The minimum Gasteiger partial charge on any atom is -0.497 e. The van der Waals surface area contributed by atoms with Crippen LogP contribution in [0.2, 0.25) is 0 Å². The molecule has 1 atom stereocenters. The number of benzene rings is 2. The van der Waals surface area contributed by atoms with E-state index in [9.17, 15) is 4.79 Å².